The number of aryl methyl sites for hydroxylation is 1. The predicted molar refractivity (Wildman–Crippen MR) is 104 cm³/mol. The van der Waals surface area contributed by atoms with Gasteiger partial charge in [-0.1, -0.05) is 44.5 Å². The van der Waals surface area contributed by atoms with Gasteiger partial charge in [0.05, 0.1) is 0 Å². The first-order valence-electron chi connectivity index (χ1n) is 8.66. The number of benzene rings is 2. The fourth-order valence-electron chi connectivity index (χ4n) is 2.89. The largest absolute Gasteiger partial charge is 0.423 e. The summed E-state index contributed by atoms with van der Waals surface area (Å²) in [5, 5.41) is 3.73. The molecule has 4 heteroatoms. The first kappa shape index (κ1) is 17.9. The highest BCUT2D eigenvalue weighted by molar-refractivity contribution is 5.94. The average Bonchev–Trinajstić information content (AvgIpc) is 2.59. The van der Waals surface area contributed by atoms with Crippen molar-refractivity contribution in [3.05, 3.63) is 81.2 Å². The second-order valence-corrected chi connectivity index (χ2v) is 7.60. The van der Waals surface area contributed by atoms with Crippen LogP contribution in [0, 0.1) is 6.92 Å². The molecule has 0 aliphatic carbocycles. The van der Waals surface area contributed by atoms with Crippen LogP contribution in [0.15, 0.2) is 57.7 Å². The maximum atomic E-state index is 12.5. The zero-order chi connectivity index (χ0) is 18.9. The van der Waals surface area contributed by atoms with Gasteiger partial charge in [0.2, 0.25) is 0 Å². The van der Waals surface area contributed by atoms with Crippen LogP contribution in [0.4, 0.5) is 0 Å². The normalized spacial score (nSPS) is 11.5. The molecule has 1 aromatic heterocycles. The molecule has 0 spiro atoms. The molecule has 134 valence electrons. The Morgan fingerprint density at radius 3 is 2.38 bits per heavy atom. The standard InChI is InChI=1S/C22H23NO3/c1-14-5-10-19-18(11-14)16(12-20(24)26-19)13-23-21(25)15-6-8-17(9-7-15)22(2,3)4/h5-12H,13H2,1-4H3,(H,23,25). The second-order valence-electron chi connectivity index (χ2n) is 7.60. The van der Waals surface area contributed by atoms with E-state index in [1.54, 1.807) is 6.07 Å². The van der Waals surface area contributed by atoms with Crippen LogP contribution >= 0.6 is 0 Å². The number of amides is 1. The van der Waals surface area contributed by atoms with Gasteiger partial charge >= 0.3 is 5.63 Å². The minimum absolute atomic E-state index is 0.0455. The van der Waals surface area contributed by atoms with Gasteiger partial charge in [0.15, 0.2) is 0 Å². The zero-order valence-electron chi connectivity index (χ0n) is 15.6. The Labute approximate surface area is 152 Å². The van der Waals surface area contributed by atoms with Crippen molar-refractivity contribution in [2.45, 2.75) is 39.7 Å². The summed E-state index contributed by atoms with van der Waals surface area (Å²) in [6, 6.07) is 14.7. The molecule has 4 nitrogen and oxygen atoms in total. The quantitative estimate of drug-likeness (QED) is 0.716. The van der Waals surface area contributed by atoms with E-state index in [2.05, 4.69) is 26.1 Å². The molecule has 0 bridgehead atoms. The summed E-state index contributed by atoms with van der Waals surface area (Å²) in [6.45, 7) is 8.65. The van der Waals surface area contributed by atoms with E-state index in [9.17, 15) is 9.59 Å². The number of fused-ring (bicyclic) bond motifs is 1. The third-order valence-corrected chi connectivity index (χ3v) is 4.44. The van der Waals surface area contributed by atoms with Crippen molar-refractivity contribution < 1.29 is 9.21 Å². The Kier molecular flexibility index (Phi) is 4.68. The van der Waals surface area contributed by atoms with E-state index in [-0.39, 0.29) is 17.9 Å². The number of hydrogen-bond acceptors (Lipinski definition) is 3. The van der Waals surface area contributed by atoms with Crippen LogP contribution < -0.4 is 10.9 Å². The molecular formula is C22H23NO3. The van der Waals surface area contributed by atoms with E-state index in [4.69, 9.17) is 4.42 Å². The summed E-state index contributed by atoms with van der Waals surface area (Å²) in [4.78, 5) is 24.2. The fraction of sp³-hybridized carbons (Fsp3) is 0.273. The molecule has 0 atom stereocenters. The summed E-state index contributed by atoms with van der Waals surface area (Å²) in [7, 11) is 0. The lowest BCUT2D eigenvalue weighted by Crippen LogP contribution is -2.23. The van der Waals surface area contributed by atoms with Gasteiger partial charge in [-0.2, -0.15) is 0 Å². The third kappa shape index (κ3) is 3.85. The zero-order valence-corrected chi connectivity index (χ0v) is 15.6. The lowest BCUT2D eigenvalue weighted by molar-refractivity contribution is 0.0951. The van der Waals surface area contributed by atoms with Crippen LogP contribution in [0.25, 0.3) is 11.0 Å². The summed E-state index contributed by atoms with van der Waals surface area (Å²) < 4.78 is 5.23. The first-order chi connectivity index (χ1) is 12.2. The van der Waals surface area contributed by atoms with Gasteiger partial charge < -0.3 is 9.73 Å². The number of rotatable bonds is 3. The molecule has 0 saturated carbocycles. The molecule has 1 heterocycles. The van der Waals surface area contributed by atoms with Crippen LogP contribution in [-0.4, -0.2) is 5.91 Å². The molecule has 3 aromatic rings. The molecule has 0 aliphatic rings. The van der Waals surface area contributed by atoms with Gasteiger partial charge in [0, 0.05) is 23.6 Å². The van der Waals surface area contributed by atoms with Crippen LogP contribution in [0.3, 0.4) is 0 Å². The number of hydrogen-bond donors (Lipinski definition) is 1. The molecule has 2 aromatic carbocycles. The highest BCUT2D eigenvalue weighted by Gasteiger charge is 2.14. The summed E-state index contributed by atoms with van der Waals surface area (Å²) in [5.74, 6) is -0.167. The van der Waals surface area contributed by atoms with Gasteiger partial charge in [-0.05, 0) is 47.7 Å². The van der Waals surface area contributed by atoms with E-state index >= 15 is 0 Å². The van der Waals surface area contributed by atoms with Gasteiger partial charge in [0.1, 0.15) is 5.58 Å². The van der Waals surface area contributed by atoms with Crippen LogP contribution in [-0.2, 0) is 12.0 Å². The Morgan fingerprint density at radius 2 is 1.73 bits per heavy atom. The van der Waals surface area contributed by atoms with Crippen LogP contribution in [0.2, 0.25) is 0 Å². The lowest BCUT2D eigenvalue weighted by Gasteiger charge is -2.19. The molecule has 0 saturated heterocycles. The molecule has 1 amide bonds. The molecule has 0 unspecified atom stereocenters. The molecular weight excluding hydrogens is 326 g/mol. The highest BCUT2D eigenvalue weighted by atomic mass is 16.4. The molecule has 26 heavy (non-hydrogen) atoms. The number of carbonyl (C=O) groups excluding carboxylic acids is 1. The van der Waals surface area contributed by atoms with Gasteiger partial charge in [-0.25, -0.2) is 4.79 Å². The Bertz CT molecular complexity index is 1010. The van der Waals surface area contributed by atoms with Crippen molar-refractivity contribution in [1.29, 1.82) is 0 Å². The summed E-state index contributed by atoms with van der Waals surface area (Å²) in [5.41, 5.74) is 3.75. The monoisotopic (exact) mass is 349 g/mol. The van der Waals surface area contributed by atoms with Crippen LogP contribution in [0.1, 0.15) is 47.8 Å². The topological polar surface area (TPSA) is 59.3 Å². The molecule has 0 fully saturated rings. The van der Waals surface area contributed by atoms with Gasteiger partial charge in [0.25, 0.3) is 5.91 Å². The maximum Gasteiger partial charge on any atom is 0.336 e. The molecule has 0 aliphatic heterocycles. The van der Waals surface area contributed by atoms with Gasteiger partial charge in [-0.3, -0.25) is 4.79 Å². The van der Waals surface area contributed by atoms with Crippen LogP contribution in [0.5, 0.6) is 0 Å². The maximum absolute atomic E-state index is 12.5. The number of nitrogens with one attached hydrogen (secondary N) is 1. The molecule has 3 rings (SSSR count). The van der Waals surface area contributed by atoms with E-state index in [1.807, 2.05) is 43.3 Å². The van der Waals surface area contributed by atoms with Crippen molar-refractivity contribution in [3.63, 3.8) is 0 Å². The van der Waals surface area contributed by atoms with E-state index in [0.717, 1.165) is 16.5 Å². The Morgan fingerprint density at radius 1 is 1.04 bits per heavy atom. The van der Waals surface area contributed by atoms with Gasteiger partial charge in [-0.15, -0.1) is 0 Å². The number of carbonyl (C=O) groups is 1. The Balaban J connectivity index is 1.81. The molecule has 1 N–H and O–H groups in total. The smallest absolute Gasteiger partial charge is 0.336 e. The third-order valence-electron chi connectivity index (χ3n) is 4.44. The van der Waals surface area contributed by atoms with E-state index < -0.39 is 5.63 Å². The fourth-order valence-corrected chi connectivity index (χ4v) is 2.89. The van der Waals surface area contributed by atoms with Crippen molar-refractivity contribution >= 4 is 16.9 Å². The van der Waals surface area contributed by atoms with Crippen molar-refractivity contribution in [3.8, 4) is 0 Å². The first-order valence-corrected chi connectivity index (χ1v) is 8.66. The minimum Gasteiger partial charge on any atom is -0.423 e. The highest BCUT2D eigenvalue weighted by Crippen LogP contribution is 2.22. The minimum atomic E-state index is -0.417. The van der Waals surface area contributed by atoms with E-state index in [0.29, 0.717) is 11.1 Å². The SMILES string of the molecule is Cc1ccc2oc(=O)cc(CNC(=O)c3ccc(C(C)(C)C)cc3)c2c1. The summed E-state index contributed by atoms with van der Waals surface area (Å²) in [6.07, 6.45) is 0. The average molecular weight is 349 g/mol. The van der Waals surface area contributed by atoms with Crippen molar-refractivity contribution in [2.75, 3.05) is 0 Å². The van der Waals surface area contributed by atoms with Crippen molar-refractivity contribution in [2.24, 2.45) is 0 Å². The predicted octanol–water partition coefficient (Wildman–Crippen LogP) is 4.33. The Hall–Kier alpha value is -2.88. The van der Waals surface area contributed by atoms with Crippen molar-refractivity contribution in [1.82, 2.24) is 5.32 Å². The summed E-state index contributed by atoms with van der Waals surface area (Å²) >= 11 is 0. The second kappa shape index (κ2) is 6.79. The molecule has 0 radical (unpaired) electrons. The lowest BCUT2D eigenvalue weighted by atomic mass is 9.87. The van der Waals surface area contributed by atoms with E-state index in [1.165, 1.54) is 11.6 Å².